The lowest BCUT2D eigenvalue weighted by atomic mass is 10.0. The van der Waals surface area contributed by atoms with Crippen LogP contribution in [-0.4, -0.2) is 24.4 Å². The molecule has 1 atom stereocenters. The minimum Gasteiger partial charge on any atom is -0.341 e. The highest BCUT2D eigenvalue weighted by Gasteiger charge is 2.16. The molecule has 0 saturated carbocycles. The van der Waals surface area contributed by atoms with Crippen molar-refractivity contribution in [3.05, 3.63) is 35.4 Å². The summed E-state index contributed by atoms with van der Waals surface area (Å²) in [5.74, 6) is 6.12. The highest BCUT2D eigenvalue weighted by Crippen LogP contribution is 2.12. The van der Waals surface area contributed by atoms with E-state index in [-0.39, 0.29) is 11.8 Å². The summed E-state index contributed by atoms with van der Waals surface area (Å²) in [5, 5.41) is 0. The number of carbonyl (C=O) groups excluding carboxylic acids is 1. The van der Waals surface area contributed by atoms with Crippen LogP contribution in [0.5, 0.6) is 0 Å². The Kier molecular flexibility index (Phi) is 6.83. The van der Waals surface area contributed by atoms with Crippen LogP contribution in [0.4, 0.5) is 0 Å². The smallest absolute Gasteiger partial charge is 0.225 e. The van der Waals surface area contributed by atoms with Gasteiger partial charge in [-0.1, -0.05) is 44.2 Å². The van der Waals surface area contributed by atoms with E-state index in [2.05, 4.69) is 18.8 Å². The first kappa shape index (κ1) is 16.3. The fraction of sp³-hybridized carbons (Fsp3) is 0.471. The lowest BCUT2D eigenvalue weighted by Gasteiger charge is -2.21. The molecule has 1 unspecified atom stereocenters. The summed E-state index contributed by atoms with van der Waals surface area (Å²) in [6, 6.07) is 7.95. The molecule has 0 heterocycles. The zero-order chi connectivity index (χ0) is 15.0. The SMILES string of the molecule is CCCC(C)C(=O)N(C)Cc1ccc(C#CCN)cc1. The molecule has 0 saturated heterocycles. The molecule has 20 heavy (non-hydrogen) atoms. The predicted octanol–water partition coefficient (Wildman–Crippen LogP) is 2.39. The van der Waals surface area contributed by atoms with Crippen LogP contribution in [0.3, 0.4) is 0 Å². The quantitative estimate of drug-likeness (QED) is 0.837. The van der Waals surface area contributed by atoms with Crippen molar-refractivity contribution in [1.82, 2.24) is 4.90 Å². The first-order valence-corrected chi connectivity index (χ1v) is 7.11. The lowest BCUT2D eigenvalue weighted by molar-refractivity contribution is -0.134. The molecule has 1 rings (SSSR count). The van der Waals surface area contributed by atoms with Crippen molar-refractivity contribution in [2.24, 2.45) is 11.7 Å². The van der Waals surface area contributed by atoms with Gasteiger partial charge in [0.1, 0.15) is 0 Å². The number of nitrogens with zero attached hydrogens (tertiary/aromatic N) is 1. The van der Waals surface area contributed by atoms with Gasteiger partial charge in [0.2, 0.25) is 5.91 Å². The minimum absolute atomic E-state index is 0.0969. The summed E-state index contributed by atoms with van der Waals surface area (Å²) < 4.78 is 0. The fourth-order valence-corrected chi connectivity index (χ4v) is 2.13. The van der Waals surface area contributed by atoms with Crippen molar-refractivity contribution < 1.29 is 4.79 Å². The second-order valence-electron chi connectivity index (χ2n) is 5.09. The number of amides is 1. The van der Waals surface area contributed by atoms with Gasteiger partial charge in [-0.15, -0.1) is 0 Å². The van der Waals surface area contributed by atoms with Crippen LogP contribution in [0.15, 0.2) is 24.3 Å². The molecule has 108 valence electrons. The minimum atomic E-state index is 0.0969. The Balaban J connectivity index is 2.62. The maximum Gasteiger partial charge on any atom is 0.225 e. The van der Waals surface area contributed by atoms with Gasteiger partial charge in [-0.05, 0) is 24.1 Å². The number of carbonyl (C=O) groups is 1. The average Bonchev–Trinajstić information content (AvgIpc) is 2.46. The van der Waals surface area contributed by atoms with Gasteiger partial charge in [-0.3, -0.25) is 4.79 Å². The Bertz CT molecular complexity index is 482. The van der Waals surface area contributed by atoms with Crippen molar-refractivity contribution in [2.45, 2.75) is 33.2 Å². The van der Waals surface area contributed by atoms with Crippen molar-refractivity contribution in [2.75, 3.05) is 13.6 Å². The molecule has 0 aromatic heterocycles. The van der Waals surface area contributed by atoms with E-state index < -0.39 is 0 Å². The Hall–Kier alpha value is -1.79. The molecule has 0 aliphatic carbocycles. The zero-order valence-electron chi connectivity index (χ0n) is 12.6. The van der Waals surface area contributed by atoms with Gasteiger partial charge in [0, 0.05) is 25.1 Å². The average molecular weight is 272 g/mol. The van der Waals surface area contributed by atoms with Crippen LogP contribution in [0.1, 0.15) is 37.8 Å². The molecule has 0 spiro atoms. The summed E-state index contributed by atoms with van der Waals surface area (Å²) in [7, 11) is 1.86. The molecule has 1 aromatic carbocycles. The van der Waals surface area contributed by atoms with Crippen molar-refractivity contribution in [1.29, 1.82) is 0 Å². The molecular formula is C17H24N2O. The monoisotopic (exact) mass is 272 g/mol. The van der Waals surface area contributed by atoms with Gasteiger partial charge in [-0.25, -0.2) is 0 Å². The van der Waals surface area contributed by atoms with Crippen LogP contribution in [-0.2, 0) is 11.3 Å². The highest BCUT2D eigenvalue weighted by molar-refractivity contribution is 5.78. The largest absolute Gasteiger partial charge is 0.341 e. The molecule has 1 aromatic rings. The number of rotatable bonds is 5. The predicted molar refractivity (Wildman–Crippen MR) is 82.9 cm³/mol. The molecule has 0 bridgehead atoms. The van der Waals surface area contributed by atoms with E-state index in [1.54, 1.807) is 4.90 Å². The summed E-state index contributed by atoms with van der Waals surface area (Å²) in [6.45, 7) is 5.10. The summed E-state index contributed by atoms with van der Waals surface area (Å²) in [6.07, 6.45) is 1.98. The van der Waals surface area contributed by atoms with Gasteiger partial charge in [0.25, 0.3) is 0 Å². The van der Waals surface area contributed by atoms with Gasteiger partial charge in [0.15, 0.2) is 0 Å². The van der Waals surface area contributed by atoms with E-state index in [1.807, 2.05) is 38.2 Å². The van der Waals surface area contributed by atoms with Crippen molar-refractivity contribution in [3.63, 3.8) is 0 Å². The molecule has 3 heteroatoms. The van der Waals surface area contributed by atoms with E-state index >= 15 is 0 Å². The number of hydrogen-bond acceptors (Lipinski definition) is 2. The second kappa shape index (κ2) is 8.39. The van der Waals surface area contributed by atoms with E-state index in [9.17, 15) is 4.79 Å². The fourth-order valence-electron chi connectivity index (χ4n) is 2.13. The van der Waals surface area contributed by atoms with Crippen molar-refractivity contribution in [3.8, 4) is 11.8 Å². The third kappa shape index (κ3) is 5.07. The first-order valence-electron chi connectivity index (χ1n) is 7.11. The maximum atomic E-state index is 12.1. The molecule has 0 aliphatic heterocycles. The third-order valence-electron chi connectivity index (χ3n) is 3.23. The molecule has 0 radical (unpaired) electrons. The van der Waals surface area contributed by atoms with Gasteiger partial charge >= 0.3 is 0 Å². The normalized spacial score (nSPS) is 11.4. The van der Waals surface area contributed by atoms with Crippen LogP contribution >= 0.6 is 0 Å². The number of hydrogen-bond donors (Lipinski definition) is 1. The van der Waals surface area contributed by atoms with E-state index in [0.717, 1.165) is 24.0 Å². The van der Waals surface area contributed by atoms with Crippen LogP contribution in [0.25, 0.3) is 0 Å². The molecule has 0 fully saturated rings. The highest BCUT2D eigenvalue weighted by atomic mass is 16.2. The molecular weight excluding hydrogens is 248 g/mol. The van der Waals surface area contributed by atoms with E-state index in [4.69, 9.17) is 5.73 Å². The Morgan fingerprint density at radius 1 is 1.35 bits per heavy atom. The molecule has 1 amide bonds. The molecule has 2 N–H and O–H groups in total. The van der Waals surface area contributed by atoms with Crippen molar-refractivity contribution >= 4 is 5.91 Å². The summed E-state index contributed by atoms with van der Waals surface area (Å²) >= 11 is 0. The van der Waals surface area contributed by atoms with E-state index in [1.165, 1.54) is 0 Å². The van der Waals surface area contributed by atoms with Crippen LogP contribution < -0.4 is 5.73 Å². The topological polar surface area (TPSA) is 46.3 Å². The van der Waals surface area contributed by atoms with Gasteiger partial charge in [-0.2, -0.15) is 0 Å². The maximum absolute atomic E-state index is 12.1. The zero-order valence-corrected chi connectivity index (χ0v) is 12.6. The second-order valence-corrected chi connectivity index (χ2v) is 5.09. The summed E-state index contributed by atoms with van der Waals surface area (Å²) in [4.78, 5) is 13.9. The number of nitrogens with two attached hydrogens (primary N) is 1. The van der Waals surface area contributed by atoms with E-state index in [0.29, 0.717) is 13.1 Å². The van der Waals surface area contributed by atoms with Gasteiger partial charge in [0.05, 0.1) is 6.54 Å². The summed E-state index contributed by atoms with van der Waals surface area (Å²) in [5.41, 5.74) is 7.41. The Labute approximate surface area is 122 Å². The van der Waals surface area contributed by atoms with Gasteiger partial charge < -0.3 is 10.6 Å². The first-order chi connectivity index (χ1) is 9.58. The third-order valence-corrected chi connectivity index (χ3v) is 3.23. The van der Waals surface area contributed by atoms with Crippen LogP contribution in [0.2, 0.25) is 0 Å². The lowest BCUT2D eigenvalue weighted by Crippen LogP contribution is -2.31. The Morgan fingerprint density at radius 2 is 2.00 bits per heavy atom. The van der Waals surface area contributed by atoms with Crippen LogP contribution in [0, 0.1) is 17.8 Å². The Morgan fingerprint density at radius 3 is 2.55 bits per heavy atom. The molecule has 3 nitrogen and oxygen atoms in total. The standard InChI is InChI=1S/C17H24N2O/c1-4-6-14(2)17(20)19(3)13-16-10-8-15(9-11-16)7-5-12-18/h8-11,14H,4,6,12-13,18H2,1-3H3. The molecule has 0 aliphatic rings. The number of benzene rings is 1.